The Bertz CT molecular complexity index is 978. The van der Waals surface area contributed by atoms with E-state index in [-0.39, 0.29) is 12.7 Å². The number of rotatable bonds is 7. The predicted octanol–water partition coefficient (Wildman–Crippen LogP) is 3.24. The molecule has 0 saturated carbocycles. The molecule has 4 rings (SSSR count). The van der Waals surface area contributed by atoms with Crippen LogP contribution in [0.1, 0.15) is 11.5 Å². The van der Waals surface area contributed by atoms with E-state index in [9.17, 15) is 4.79 Å². The van der Waals surface area contributed by atoms with Gasteiger partial charge in [-0.05, 0) is 29.8 Å². The maximum atomic E-state index is 12.7. The van der Waals surface area contributed by atoms with Gasteiger partial charge in [-0.3, -0.25) is 4.79 Å². The summed E-state index contributed by atoms with van der Waals surface area (Å²) < 4.78 is 21.5. The molecule has 0 radical (unpaired) electrons. The Labute approximate surface area is 162 Å². The van der Waals surface area contributed by atoms with Gasteiger partial charge in [-0.15, -0.1) is 0 Å². The molecular weight excluding hydrogens is 360 g/mol. The van der Waals surface area contributed by atoms with Gasteiger partial charge in [0.15, 0.2) is 17.1 Å². The van der Waals surface area contributed by atoms with Gasteiger partial charge in [0.2, 0.25) is 18.6 Å². The van der Waals surface area contributed by atoms with Crippen LogP contribution in [0.2, 0.25) is 0 Å². The molecule has 0 N–H and O–H groups in total. The van der Waals surface area contributed by atoms with E-state index < -0.39 is 0 Å². The van der Waals surface area contributed by atoms with E-state index in [1.807, 2.05) is 42.5 Å². The number of methoxy groups -OCH3 is 1. The summed E-state index contributed by atoms with van der Waals surface area (Å²) in [6.07, 6.45) is 3.05. The van der Waals surface area contributed by atoms with Crippen LogP contribution in [-0.4, -0.2) is 42.8 Å². The first-order valence-corrected chi connectivity index (χ1v) is 8.93. The summed E-state index contributed by atoms with van der Waals surface area (Å²) in [4.78, 5) is 18.8. The van der Waals surface area contributed by atoms with Crippen molar-refractivity contribution >= 4 is 23.1 Å². The Morgan fingerprint density at radius 1 is 1.21 bits per heavy atom. The van der Waals surface area contributed by atoms with Crippen molar-refractivity contribution in [1.82, 2.24) is 9.88 Å². The van der Waals surface area contributed by atoms with E-state index in [0.717, 1.165) is 16.8 Å². The van der Waals surface area contributed by atoms with E-state index in [1.165, 1.54) is 6.08 Å². The van der Waals surface area contributed by atoms with Gasteiger partial charge in [-0.1, -0.05) is 18.2 Å². The minimum atomic E-state index is -0.156. The van der Waals surface area contributed by atoms with Crippen molar-refractivity contribution < 1.29 is 23.4 Å². The second kappa shape index (κ2) is 8.14. The highest BCUT2D eigenvalue weighted by atomic mass is 16.7. The van der Waals surface area contributed by atoms with Crippen LogP contribution in [0, 0.1) is 0 Å². The molecule has 2 heterocycles. The molecule has 144 valence electrons. The van der Waals surface area contributed by atoms with Crippen LogP contribution < -0.4 is 9.47 Å². The molecule has 2 aromatic carbocycles. The molecule has 0 atom stereocenters. The topological polar surface area (TPSA) is 74.0 Å². The molecule has 3 aromatic rings. The van der Waals surface area contributed by atoms with E-state index >= 15 is 0 Å². The van der Waals surface area contributed by atoms with Crippen LogP contribution in [0.25, 0.3) is 17.2 Å². The van der Waals surface area contributed by atoms with E-state index in [1.54, 1.807) is 18.1 Å². The SMILES string of the molecule is COCCN(Cc1ccc2c(c1)OCO2)C(=O)/C=C/c1nc2ccccc2o1. The molecular formula is C21H20N2O5. The number of fused-ring (bicyclic) bond motifs is 2. The Kier molecular flexibility index (Phi) is 5.25. The number of oxazole rings is 1. The minimum Gasteiger partial charge on any atom is -0.454 e. The predicted molar refractivity (Wildman–Crippen MR) is 103 cm³/mol. The zero-order valence-corrected chi connectivity index (χ0v) is 15.5. The van der Waals surface area contributed by atoms with Gasteiger partial charge < -0.3 is 23.5 Å². The Balaban J connectivity index is 1.48. The molecule has 0 aliphatic carbocycles. The number of hydrogen-bond acceptors (Lipinski definition) is 6. The highest BCUT2D eigenvalue weighted by Crippen LogP contribution is 2.32. The fraction of sp³-hybridized carbons (Fsp3) is 0.238. The standard InChI is InChI=1S/C21H20N2O5/c1-25-11-10-23(13-15-6-7-18-19(12-15)27-14-26-18)21(24)9-8-20-22-16-4-2-3-5-17(16)28-20/h2-9,12H,10-11,13-14H2,1H3/b9-8+. The third-order valence-corrected chi connectivity index (χ3v) is 4.37. The number of hydrogen-bond donors (Lipinski definition) is 0. The fourth-order valence-electron chi connectivity index (χ4n) is 2.94. The molecule has 0 spiro atoms. The van der Waals surface area contributed by atoms with Gasteiger partial charge in [-0.2, -0.15) is 0 Å². The Hall–Kier alpha value is -3.32. The number of nitrogens with zero attached hydrogens (tertiary/aromatic N) is 2. The van der Waals surface area contributed by atoms with Crippen molar-refractivity contribution in [2.45, 2.75) is 6.54 Å². The quantitative estimate of drug-likeness (QED) is 0.586. The van der Waals surface area contributed by atoms with Crippen LogP contribution >= 0.6 is 0 Å². The molecule has 0 bridgehead atoms. The zero-order valence-electron chi connectivity index (χ0n) is 15.5. The van der Waals surface area contributed by atoms with Crippen molar-refractivity contribution in [2.75, 3.05) is 27.1 Å². The van der Waals surface area contributed by atoms with E-state index in [4.69, 9.17) is 18.6 Å². The molecule has 1 aliphatic rings. The molecule has 1 amide bonds. The molecule has 7 heteroatoms. The van der Waals surface area contributed by atoms with Gasteiger partial charge in [0, 0.05) is 32.4 Å². The molecule has 1 aliphatic heterocycles. The van der Waals surface area contributed by atoms with E-state index in [0.29, 0.717) is 36.9 Å². The molecule has 0 saturated heterocycles. The van der Waals surface area contributed by atoms with Crippen molar-refractivity contribution in [3.05, 3.63) is 60.0 Å². The average molecular weight is 380 g/mol. The summed E-state index contributed by atoms with van der Waals surface area (Å²) in [5, 5.41) is 0. The summed E-state index contributed by atoms with van der Waals surface area (Å²) in [5.41, 5.74) is 2.39. The summed E-state index contributed by atoms with van der Waals surface area (Å²) >= 11 is 0. The molecule has 7 nitrogen and oxygen atoms in total. The lowest BCUT2D eigenvalue weighted by atomic mass is 10.2. The first kappa shape index (κ1) is 18.1. The second-order valence-electron chi connectivity index (χ2n) is 6.29. The summed E-state index contributed by atoms with van der Waals surface area (Å²) in [6.45, 7) is 1.55. The maximum Gasteiger partial charge on any atom is 0.247 e. The summed E-state index contributed by atoms with van der Waals surface area (Å²) in [6, 6.07) is 13.1. The molecule has 1 aromatic heterocycles. The van der Waals surface area contributed by atoms with Crippen LogP contribution in [0.5, 0.6) is 11.5 Å². The third kappa shape index (κ3) is 3.99. The van der Waals surface area contributed by atoms with Crippen LogP contribution in [0.4, 0.5) is 0 Å². The number of para-hydroxylation sites is 2. The maximum absolute atomic E-state index is 12.7. The van der Waals surface area contributed by atoms with Crippen molar-refractivity contribution in [1.29, 1.82) is 0 Å². The van der Waals surface area contributed by atoms with Crippen LogP contribution in [-0.2, 0) is 16.1 Å². The number of ether oxygens (including phenoxy) is 3. The number of amides is 1. The normalized spacial score (nSPS) is 12.8. The highest BCUT2D eigenvalue weighted by Gasteiger charge is 2.16. The number of carbonyl (C=O) groups excluding carboxylic acids is 1. The lowest BCUT2D eigenvalue weighted by Gasteiger charge is -2.21. The molecule has 28 heavy (non-hydrogen) atoms. The zero-order chi connectivity index (χ0) is 19.3. The van der Waals surface area contributed by atoms with Crippen molar-refractivity contribution in [2.24, 2.45) is 0 Å². The number of aromatic nitrogens is 1. The summed E-state index contributed by atoms with van der Waals surface area (Å²) in [5.74, 6) is 1.65. The van der Waals surface area contributed by atoms with E-state index in [2.05, 4.69) is 4.98 Å². The lowest BCUT2D eigenvalue weighted by molar-refractivity contribution is -0.127. The van der Waals surface area contributed by atoms with Crippen molar-refractivity contribution in [3.63, 3.8) is 0 Å². The smallest absolute Gasteiger partial charge is 0.247 e. The third-order valence-electron chi connectivity index (χ3n) is 4.37. The minimum absolute atomic E-state index is 0.156. The van der Waals surface area contributed by atoms with Crippen LogP contribution in [0.15, 0.2) is 53.0 Å². The summed E-state index contributed by atoms with van der Waals surface area (Å²) in [7, 11) is 1.61. The van der Waals surface area contributed by atoms with Gasteiger partial charge in [0.25, 0.3) is 0 Å². The second-order valence-corrected chi connectivity index (χ2v) is 6.29. The largest absolute Gasteiger partial charge is 0.454 e. The van der Waals surface area contributed by atoms with Gasteiger partial charge in [0.1, 0.15) is 5.52 Å². The Morgan fingerprint density at radius 2 is 2.07 bits per heavy atom. The number of carbonyl (C=O) groups is 1. The average Bonchev–Trinajstić information content (AvgIpc) is 3.35. The number of benzene rings is 2. The molecule has 0 fully saturated rings. The monoisotopic (exact) mass is 380 g/mol. The first-order chi connectivity index (χ1) is 13.7. The van der Waals surface area contributed by atoms with Crippen molar-refractivity contribution in [3.8, 4) is 11.5 Å². The first-order valence-electron chi connectivity index (χ1n) is 8.93. The van der Waals surface area contributed by atoms with Gasteiger partial charge >= 0.3 is 0 Å². The Morgan fingerprint density at radius 3 is 2.93 bits per heavy atom. The van der Waals surface area contributed by atoms with Crippen LogP contribution in [0.3, 0.4) is 0 Å². The highest BCUT2D eigenvalue weighted by molar-refractivity contribution is 5.91. The fourth-order valence-corrected chi connectivity index (χ4v) is 2.94. The molecule has 0 unspecified atom stereocenters. The van der Waals surface area contributed by atoms with Gasteiger partial charge in [-0.25, -0.2) is 4.98 Å². The lowest BCUT2D eigenvalue weighted by Crippen LogP contribution is -2.32. The van der Waals surface area contributed by atoms with Gasteiger partial charge in [0.05, 0.1) is 6.61 Å².